The number of aromatic amines is 1. The van der Waals surface area contributed by atoms with Gasteiger partial charge in [0, 0.05) is 58.0 Å². The second-order valence-corrected chi connectivity index (χ2v) is 9.15. The van der Waals surface area contributed by atoms with E-state index in [-0.39, 0.29) is 23.6 Å². The van der Waals surface area contributed by atoms with E-state index in [2.05, 4.69) is 10.2 Å². The Bertz CT molecular complexity index is 776. The minimum Gasteiger partial charge on any atom is -0.343 e. The van der Waals surface area contributed by atoms with Gasteiger partial charge >= 0.3 is 0 Å². The van der Waals surface area contributed by atoms with Crippen LogP contribution in [0.2, 0.25) is 0 Å². The minimum absolute atomic E-state index is 0.0978. The second-order valence-electron chi connectivity index (χ2n) is 9.15. The molecule has 0 bridgehead atoms. The molecule has 1 N–H and O–H groups in total. The molecule has 4 heterocycles. The maximum Gasteiger partial charge on any atom is 0.257 e. The smallest absolute Gasteiger partial charge is 0.257 e. The van der Waals surface area contributed by atoms with Crippen LogP contribution in [0.25, 0.3) is 0 Å². The lowest BCUT2D eigenvalue weighted by Crippen LogP contribution is -2.39. The Morgan fingerprint density at radius 2 is 1.71 bits per heavy atom. The van der Waals surface area contributed by atoms with Gasteiger partial charge in [0.25, 0.3) is 5.91 Å². The van der Waals surface area contributed by atoms with E-state index in [9.17, 15) is 14.4 Å². The summed E-state index contributed by atoms with van der Waals surface area (Å²) in [5.74, 6) is 0.731. The first-order valence-electron chi connectivity index (χ1n) is 12.0. The maximum absolute atomic E-state index is 13.1. The predicted octanol–water partition coefficient (Wildman–Crippen LogP) is 2.53. The summed E-state index contributed by atoms with van der Waals surface area (Å²) in [5, 5.41) is 7.28. The van der Waals surface area contributed by atoms with Crippen LogP contribution in [0, 0.1) is 0 Å². The number of hydrogen-bond donors (Lipinski definition) is 1. The molecule has 3 fully saturated rings. The van der Waals surface area contributed by atoms with Gasteiger partial charge in [-0.2, -0.15) is 5.10 Å². The van der Waals surface area contributed by atoms with E-state index in [0.717, 1.165) is 63.9 Å². The van der Waals surface area contributed by atoms with Crippen molar-refractivity contribution in [1.29, 1.82) is 0 Å². The predicted molar refractivity (Wildman–Crippen MR) is 117 cm³/mol. The Kier molecular flexibility index (Phi) is 7.25. The van der Waals surface area contributed by atoms with Crippen molar-refractivity contribution >= 4 is 17.7 Å². The molecule has 4 rings (SSSR count). The van der Waals surface area contributed by atoms with Gasteiger partial charge in [-0.3, -0.25) is 19.5 Å². The summed E-state index contributed by atoms with van der Waals surface area (Å²) in [6.07, 6.45) is 10.7. The minimum atomic E-state index is 0.0978. The average molecular weight is 430 g/mol. The van der Waals surface area contributed by atoms with Crippen molar-refractivity contribution in [3.8, 4) is 0 Å². The number of rotatable bonds is 6. The van der Waals surface area contributed by atoms with Crippen molar-refractivity contribution in [3.63, 3.8) is 0 Å². The zero-order valence-corrected chi connectivity index (χ0v) is 18.5. The van der Waals surface area contributed by atoms with Gasteiger partial charge in [0.15, 0.2) is 0 Å². The number of hydrogen-bond acceptors (Lipinski definition) is 4. The van der Waals surface area contributed by atoms with Crippen LogP contribution >= 0.6 is 0 Å². The first-order valence-corrected chi connectivity index (χ1v) is 12.0. The molecule has 170 valence electrons. The molecule has 8 nitrogen and oxygen atoms in total. The van der Waals surface area contributed by atoms with E-state index in [1.807, 2.05) is 14.7 Å². The van der Waals surface area contributed by atoms with E-state index in [0.29, 0.717) is 38.0 Å². The molecule has 0 spiro atoms. The highest BCUT2D eigenvalue weighted by molar-refractivity contribution is 5.95. The van der Waals surface area contributed by atoms with E-state index in [4.69, 9.17) is 0 Å². The molecule has 0 aromatic carbocycles. The molecule has 0 atom stereocenters. The zero-order valence-electron chi connectivity index (χ0n) is 18.5. The standard InChI is InChI=1S/C23H35N5O3/c29-20-7-5-13-26(20)14-6-8-21(30)27-15-9-18(10-16-27)22-19(17-24-25-22)23(31)28-11-3-1-2-4-12-28/h17-18H,1-16H2,(H,24,25). The number of aromatic nitrogens is 2. The summed E-state index contributed by atoms with van der Waals surface area (Å²) in [6, 6.07) is 0. The molecule has 3 saturated heterocycles. The summed E-state index contributed by atoms with van der Waals surface area (Å²) in [7, 11) is 0. The van der Waals surface area contributed by atoms with Gasteiger partial charge in [0.1, 0.15) is 0 Å². The van der Waals surface area contributed by atoms with Gasteiger partial charge in [-0.1, -0.05) is 12.8 Å². The summed E-state index contributed by atoms with van der Waals surface area (Å²) in [5.41, 5.74) is 1.65. The van der Waals surface area contributed by atoms with E-state index in [1.165, 1.54) is 12.8 Å². The third-order valence-corrected chi connectivity index (χ3v) is 7.04. The van der Waals surface area contributed by atoms with Crippen molar-refractivity contribution in [3.05, 3.63) is 17.5 Å². The van der Waals surface area contributed by atoms with Gasteiger partial charge in [-0.15, -0.1) is 0 Å². The van der Waals surface area contributed by atoms with Crippen molar-refractivity contribution in [2.24, 2.45) is 0 Å². The van der Waals surface area contributed by atoms with Gasteiger partial charge in [-0.05, 0) is 38.5 Å². The highest BCUT2D eigenvalue weighted by atomic mass is 16.2. The van der Waals surface area contributed by atoms with E-state index in [1.54, 1.807) is 6.20 Å². The maximum atomic E-state index is 13.1. The topological polar surface area (TPSA) is 89.6 Å². The van der Waals surface area contributed by atoms with Crippen molar-refractivity contribution in [2.45, 2.75) is 70.1 Å². The summed E-state index contributed by atoms with van der Waals surface area (Å²) >= 11 is 0. The average Bonchev–Trinajstić information content (AvgIpc) is 3.34. The monoisotopic (exact) mass is 429 g/mol. The first-order chi connectivity index (χ1) is 15.1. The van der Waals surface area contributed by atoms with Gasteiger partial charge in [0.2, 0.25) is 11.8 Å². The van der Waals surface area contributed by atoms with Gasteiger partial charge in [-0.25, -0.2) is 0 Å². The first kappa shape index (κ1) is 21.8. The summed E-state index contributed by atoms with van der Waals surface area (Å²) in [6.45, 7) is 4.61. The summed E-state index contributed by atoms with van der Waals surface area (Å²) in [4.78, 5) is 43.2. The van der Waals surface area contributed by atoms with Crippen LogP contribution in [0.15, 0.2) is 6.20 Å². The Morgan fingerprint density at radius 1 is 0.968 bits per heavy atom. The molecular formula is C23H35N5O3. The second kappa shape index (κ2) is 10.3. The number of piperidine rings is 1. The fourth-order valence-electron chi connectivity index (χ4n) is 5.16. The quantitative estimate of drug-likeness (QED) is 0.752. The molecule has 3 aliphatic heterocycles. The molecule has 31 heavy (non-hydrogen) atoms. The lowest BCUT2D eigenvalue weighted by Gasteiger charge is -2.32. The van der Waals surface area contributed by atoms with Crippen LogP contribution in [0.5, 0.6) is 0 Å². The van der Waals surface area contributed by atoms with Crippen LogP contribution < -0.4 is 0 Å². The largest absolute Gasteiger partial charge is 0.343 e. The van der Waals surface area contributed by atoms with Crippen LogP contribution in [0.3, 0.4) is 0 Å². The molecule has 8 heteroatoms. The number of nitrogens with zero attached hydrogens (tertiary/aromatic N) is 4. The van der Waals surface area contributed by atoms with Crippen LogP contribution in [0.1, 0.15) is 86.2 Å². The van der Waals surface area contributed by atoms with Crippen LogP contribution in [-0.2, 0) is 9.59 Å². The molecule has 3 aliphatic rings. The normalized spacial score (nSPS) is 20.9. The molecule has 1 aromatic heterocycles. The molecular weight excluding hydrogens is 394 g/mol. The lowest BCUT2D eigenvalue weighted by atomic mass is 9.91. The molecule has 0 unspecified atom stereocenters. The third-order valence-electron chi connectivity index (χ3n) is 7.04. The number of H-pyrrole nitrogens is 1. The van der Waals surface area contributed by atoms with Crippen molar-refractivity contribution < 1.29 is 14.4 Å². The summed E-state index contributed by atoms with van der Waals surface area (Å²) < 4.78 is 0. The van der Waals surface area contributed by atoms with Crippen molar-refractivity contribution in [2.75, 3.05) is 39.3 Å². The van der Waals surface area contributed by atoms with E-state index < -0.39 is 0 Å². The highest BCUT2D eigenvalue weighted by Gasteiger charge is 2.30. The molecule has 0 radical (unpaired) electrons. The number of carbonyl (C=O) groups is 3. The zero-order chi connectivity index (χ0) is 21.6. The highest BCUT2D eigenvalue weighted by Crippen LogP contribution is 2.30. The number of nitrogens with one attached hydrogen (secondary N) is 1. The number of carbonyl (C=O) groups excluding carboxylic acids is 3. The SMILES string of the molecule is O=C1CCCN1CCCC(=O)N1CCC(c2[nH]ncc2C(=O)N2CCCCCC2)CC1. The number of likely N-dealkylation sites (tertiary alicyclic amines) is 3. The third kappa shape index (κ3) is 5.28. The Morgan fingerprint density at radius 3 is 2.39 bits per heavy atom. The number of amides is 3. The molecule has 0 aliphatic carbocycles. The Labute approximate surface area is 184 Å². The lowest BCUT2D eigenvalue weighted by molar-refractivity contribution is -0.133. The molecule has 1 aromatic rings. The van der Waals surface area contributed by atoms with Crippen LogP contribution in [0.4, 0.5) is 0 Å². The van der Waals surface area contributed by atoms with Crippen LogP contribution in [-0.4, -0.2) is 81.9 Å². The fraction of sp³-hybridized carbons (Fsp3) is 0.739. The fourth-order valence-corrected chi connectivity index (χ4v) is 5.16. The Balaban J connectivity index is 1.26. The van der Waals surface area contributed by atoms with Gasteiger partial charge < -0.3 is 14.7 Å². The van der Waals surface area contributed by atoms with Gasteiger partial charge in [0.05, 0.1) is 17.5 Å². The Hall–Kier alpha value is -2.38. The molecule has 3 amide bonds. The van der Waals surface area contributed by atoms with Crippen molar-refractivity contribution in [1.82, 2.24) is 24.9 Å². The van der Waals surface area contributed by atoms with E-state index >= 15 is 0 Å². The molecule has 0 saturated carbocycles.